The van der Waals surface area contributed by atoms with Crippen molar-refractivity contribution in [1.29, 1.82) is 0 Å². The van der Waals surface area contributed by atoms with E-state index in [-0.39, 0.29) is 0 Å². The van der Waals surface area contributed by atoms with Gasteiger partial charge in [-0.2, -0.15) is 0 Å². The van der Waals surface area contributed by atoms with Crippen LogP contribution in [-0.4, -0.2) is 28.3 Å². The summed E-state index contributed by atoms with van der Waals surface area (Å²) in [6.45, 7) is 7.79. The Kier molecular flexibility index (Phi) is 6.71. The van der Waals surface area contributed by atoms with Gasteiger partial charge in [0, 0.05) is 28.3 Å². The number of rotatable bonds is 6. The van der Waals surface area contributed by atoms with Crippen LogP contribution in [-0.2, 0) is 10.8 Å². The van der Waals surface area contributed by atoms with Gasteiger partial charge in [-0.05, 0) is 50.5 Å². The number of hydrogen-bond acceptors (Lipinski definition) is 2. The molecule has 0 aromatic heterocycles. The van der Waals surface area contributed by atoms with E-state index in [2.05, 4.69) is 26.1 Å². The van der Waals surface area contributed by atoms with Crippen molar-refractivity contribution in [1.82, 2.24) is 5.32 Å². The van der Waals surface area contributed by atoms with Crippen LogP contribution in [0.2, 0.25) is 0 Å². The van der Waals surface area contributed by atoms with E-state index in [0.29, 0.717) is 11.3 Å². The third-order valence-corrected chi connectivity index (χ3v) is 5.63. The van der Waals surface area contributed by atoms with Crippen molar-refractivity contribution in [3.05, 3.63) is 0 Å². The molecule has 0 heterocycles. The van der Waals surface area contributed by atoms with E-state index >= 15 is 0 Å². The van der Waals surface area contributed by atoms with Gasteiger partial charge in [0.25, 0.3) is 0 Å². The highest BCUT2D eigenvalue weighted by Gasteiger charge is 2.22. The van der Waals surface area contributed by atoms with Crippen molar-refractivity contribution in [3.8, 4) is 0 Å². The molecule has 1 N–H and O–H groups in total. The molecule has 1 fully saturated rings. The molecule has 2 unspecified atom stereocenters. The minimum Gasteiger partial charge on any atom is -0.314 e. The summed E-state index contributed by atoms with van der Waals surface area (Å²) in [4.78, 5) is 0. The van der Waals surface area contributed by atoms with Gasteiger partial charge < -0.3 is 5.32 Å². The summed E-state index contributed by atoms with van der Waals surface area (Å²) in [6.07, 6.45) is 8.25. The first-order valence-corrected chi connectivity index (χ1v) is 8.68. The van der Waals surface area contributed by atoms with E-state index in [1.54, 1.807) is 6.26 Å². The molecule has 1 saturated carbocycles. The predicted octanol–water partition coefficient (Wildman–Crippen LogP) is 2.95. The van der Waals surface area contributed by atoms with Crippen LogP contribution in [0.4, 0.5) is 0 Å². The first kappa shape index (κ1) is 15.2. The summed E-state index contributed by atoms with van der Waals surface area (Å²) in [5.41, 5.74) is 0. The second-order valence-corrected chi connectivity index (χ2v) is 7.71. The molecule has 0 aliphatic heterocycles. The maximum atomic E-state index is 11.2. The van der Waals surface area contributed by atoms with E-state index < -0.39 is 10.8 Å². The highest BCUT2D eigenvalue weighted by atomic mass is 32.2. The van der Waals surface area contributed by atoms with E-state index in [1.807, 2.05) is 0 Å². The van der Waals surface area contributed by atoms with Gasteiger partial charge in [0.15, 0.2) is 0 Å². The zero-order chi connectivity index (χ0) is 12.8. The molecule has 1 rings (SSSR count). The fourth-order valence-electron chi connectivity index (χ4n) is 2.65. The molecule has 102 valence electrons. The fraction of sp³-hybridized carbons (Fsp3) is 1.00. The van der Waals surface area contributed by atoms with Crippen LogP contribution in [0.1, 0.15) is 52.9 Å². The summed E-state index contributed by atoms with van der Waals surface area (Å²) < 4.78 is 11.2. The summed E-state index contributed by atoms with van der Waals surface area (Å²) in [6, 6.07) is 0.711. The van der Waals surface area contributed by atoms with Crippen LogP contribution in [0.5, 0.6) is 0 Å². The molecule has 0 aromatic carbocycles. The van der Waals surface area contributed by atoms with Crippen molar-refractivity contribution < 1.29 is 4.21 Å². The van der Waals surface area contributed by atoms with Gasteiger partial charge in [-0.3, -0.25) is 4.21 Å². The van der Waals surface area contributed by atoms with Gasteiger partial charge in [0.1, 0.15) is 0 Å². The largest absolute Gasteiger partial charge is 0.314 e. The molecule has 0 saturated heterocycles. The molecule has 0 bridgehead atoms. The topological polar surface area (TPSA) is 29.1 Å². The molecule has 2 nitrogen and oxygen atoms in total. The van der Waals surface area contributed by atoms with Crippen molar-refractivity contribution in [2.45, 2.75) is 64.2 Å². The maximum absolute atomic E-state index is 11.2. The Bertz CT molecular complexity index is 234. The van der Waals surface area contributed by atoms with Crippen molar-refractivity contribution >= 4 is 10.8 Å². The molecule has 1 aliphatic carbocycles. The van der Waals surface area contributed by atoms with Gasteiger partial charge in [-0.15, -0.1) is 0 Å². The molecule has 1 aliphatic rings. The molecule has 0 radical (unpaired) electrons. The summed E-state index contributed by atoms with van der Waals surface area (Å²) >= 11 is 0. The lowest BCUT2D eigenvalue weighted by atomic mass is 9.80. The van der Waals surface area contributed by atoms with Gasteiger partial charge in [-0.1, -0.05) is 20.8 Å². The number of nitrogens with one attached hydrogen (secondary N) is 1. The van der Waals surface area contributed by atoms with Crippen LogP contribution >= 0.6 is 0 Å². The average molecular weight is 259 g/mol. The predicted molar refractivity (Wildman–Crippen MR) is 76.7 cm³/mol. The fourth-order valence-corrected chi connectivity index (χ4v) is 3.10. The van der Waals surface area contributed by atoms with Crippen molar-refractivity contribution in [3.63, 3.8) is 0 Å². The lowest BCUT2D eigenvalue weighted by Crippen LogP contribution is -2.35. The molecule has 0 aromatic rings. The molecule has 0 spiro atoms. The van der Waals surface area contributed by atoms with Crippen LogP contribution in [0, 0.1) is 11.8 Å². The first-order chi connectivity index (χ1) is 8.00. The monoisotopic (exact) mass is 259 g/mol. The standard InChI is InChI=1S/C14H29NOS/c1-11(2)13-5-7-14(8-6-13)15-10-9-12(3)17(4)16/h11-15H,5-10H2,1-4H3. The van der Waals surface area contributed by atoms with Crippen LogP contribution in [0.25, 0.3) is 0 Å². The Balaban J connectivity index is 2.12. The zero-order valence-electron chi connectivity index (χ0n) is 11.9. The van der Waals surface area contributed by atoms with E-state index in [0.717, 1.165) is 24.8 Å². The smallest absolute Gasteiger partial charge is 0.0329 e. The van der Waals surface area contributed by atoms with E-state index in [1.165, 1.54) is 25.7 Å². The van der Waals surface area contributed by atoms with Gasteiger partial charge >= 0.3 is 0 Å². The maximum Gasteiger partial charge on any atom is 0.0329 e. The van der Waals surface area contributed by atoms with Gasteiger partial charge in [-0.25, -0.2) is 0 Å². The molecule has 3 heteroatoms. The minimum absolute atomic E-state index is 0.328. The molecule has 2 atom stereocenters. The summed E-state index contributed by atoms with van der Waals surface area (Å²) in [5, 5.41) is 3.96. The Morgan fingerprint density at radius 3 is 2.24 bits per heavy atom. The van der Waals surface area contributed by atoms with Crippen LogP contribution in [0.3, 0.4) is 0 Å². The average Bonchev–Trinajstić information content (AvgIpc) is 2.29. The van der Waals surface area contributed by atoms with Gasteiger partial charge in [0.2, 0.25) is 0 Å². The Labute approximate surface area is 109 Å². The Morgan fingerprint density at radius 2 is 1.76 bits per heavy atom. The SMILES string of the molecule is CC(C)C1CCC(NCCC(C)S(C)=O)CC1. The van der Waals surface area contributed by atoms with Crippen molar-refractivity contribution in [2.24, 2.45) is 11.8 Å². The Hall–Kier alpha value is 0.110. The highest BCUT2D eigenvalue weighted by Crippen LogP contribution is 2.29. The molecule has 0 amide bonds. The lowest BCUT2D eigenvalue weighted by molar-refractivity contribution is 0.239. The van der Waals surface area contributed by atoms with E-state index in [4.69, 9.17) is 0 Å². The normalized spacial score (nSPS) is 29.2. The van der Waals surface area contributed by atoms with Gasteiger partial charge in [0.05, 0.1) is 0 Å². The van der Waals surface area contributed by atoms with E-state index in [9.17, 15) is 4.21 Å². The third-order valence-electron chi connectivity index (χ3n) is 4.27. The third kappa shape index (κ3) is 5.52. The minimum atomic E-state index is -0.669. The lowest BCUT2D eigenvalue weighted by Gasteiger charge is -2.31. The first-order valence-electron chi connectivity index (χ1n) is 7.06. The highest BCUT2D eigenvalue weighted by molar-refractivity contribution is 7.84. The zero-order valence-corrected chi connectivity index (χ0v) is 12.7. The molecular formula is C14H29NOS. The Morgan fingerprint density at radius 1 is 1.18 bits per heavy atom. The summed E-state index contributed by atoms with van der Waals surface area (Å²) in [7, 11) is -0.669. The molecule has 17 heavy (non-hydrogen) atoms. The quantitative estimate of drug-likeness (QED) is 0.794. The van der Waals surface area contributed by atoms with Crippen molar-refractivity contribution in [2.75, 3.05) is 12.8 Å². The van der Waals surface area contributed by atoms with Crippen LogP contribution < -0.4 is 5.32 Å². The molecular weight excluding hydrogens is 230 g/mol. The second-order valence-electron chi connectivity index (χ2n) is 5.91. The summed E-state index contributed by atoms with van der Waals surface area (Å²) in [5.74, 6) is 1.79. The number of hydrogen-bond donors (Lipinski definition) is 1. The van der Waals surface area contributed by atoms with Crippen LogP contribution in [0.15, 0.2) is 0 Å². The second kappa shape index (κ2) is 7.52.